The van der Waals surface area contributed by atoms with Crippen molar-refractivity contribution < 1.29 is 14.4 Å². The summed E-state index contributed by atoms with van der Waals surface area (Å²) in [5.74, 6) is 0.631. The Morgan fingerprint density at radius 2 is 2.12 bits per heavy atom. The molecule has 1 fully saturated rings. The number of carbonyl (C=O) groups excluding carboxylic acids is 1. The van der Waals surface area contributed by atoms with Crippen LogP contribution in [0.25, 0.3) is 0 Å². The molecule has 1 aromatic heterocycles. The first-order chi connectivity index (χ1) is 12.6. The molecule has 2 heterocycles. The van der Waals surface area contributed by atoms with Crippen molar-refractivity contribution in [3.8, 4) is 5.75 Å². The first-order valence-corrected chi connectivity index (χ1v) is 9.55. The number of halogens is 1. The largest absolute Gasteiger partial charge is 0.496 e. The fourth-order valence-electron chi connectivity index (χ4n) is 3.22. The number of carbonyl (C=O) groups is 1. The molecule has 1 saturated heterocycles. The summed E-state index contributed by atoms with van der Waals surface area (Å²) in [6.45, 7) is 5.26. The Labute approximate surface area is 161 Å². The number of hydrogen-bond donors (Lipinski definition) is 3. The molecule has 0 saturated carbocycles. The van der Waals surface area contributed by atoms with E-state index in [-0.39, 0.29) is 5.91 Å². The number of aromatic amines is 1. The Hall–Kier alpha value is -2.12. The first-order valence-electron chi connectivity index (χ1n) is 8.76. The number of nitrogens with zero attached hydrogens (tertiary/aromatic N) is 1. The molecule has 7 heteroatoms. The maximum atomic E-state index is 12.1. The lowest BCUT2D eigenvalue weighted by atomic mass is 10.1. The van der Waals surface area contributed by atoms with Gasteiger partial charge in [0.1, 0.15) is 18.0 Å². The molecule has 1 amide bonds. The highest BCUT2D eigenvalue weighted by molar-refractivity contribution is 9.10. The second-order valence-electron chi connectivity index (χ2n) is 6.53. The third kappa shape index (κ3) is 4.53. The van der Waals surface area contributed by atoms with Crippen LogP contribution in [0.1, 0.15) is 41.4 Å². The summed E-state index contributed by atoms with van der Waals surface area (Å²) in [4.78, 5) is 16.6. The Bertz CT molecular complexity index is 810. The van der Waals surface area contributed by atoms with Crippen molar-refractivity contribution in [1.82, 2.24) is 10.4 Å². The van der Waals surface area contributed by atoms with E-state index >= 15 is 0 Å². The number of nitrogens with one attached hydrogen (secondary N) is 3. The van der Waals surface area contributed by atoms with Crippen molar-refractivity contribution in [1.29, 1.82) is 0 Å². The highest BCUT2D eigenvalue weighted by atomic mass is 79.9. The molecule has 138 valence electrons. The van der Waals surface area contributed by atoms with Gasteiger partial charge >= 0.3 is 0 Å². The van der Waals surface area contributed by atoms with E-state index in [0.29, 0.717) is 5.69 Å². The van der Waals surface area contributed by atoms with Gasteiger partial charge in [0.05, 0.1) is 25.9 Å². The normalized spacial score (nSPS) is 15.3. The quantitative estimate of drug-likeness (QED) is 0.495. The van der Waals surface area contributed by atoms with Gasteiger partial charge in [-0.25, -0.2) is 5.43 Å². The van der Waals surface area contributed by atoms with Crippen LogP contribution < -0.4 is 15.1 Å². The molecule has 0 unspecified atom stereocenters. The molecule has 0 radical (unpaired) electrons. The van der Waals surface area contributed by atoms with Crippen LogP contribution in [0.15, 0.2) is 40.0 Å². The van der Waals surface area contributed by atoms with Gasteiger partial charge in [-0.05, 0) is 52.7 Å². The molecule has 1 aromatic carbocycles. The van der Waals surface area contributed by atoms with E-state index in [1.807, 2.05) is 19.1 Å². The number of likely N-dealkylation sites (tertiary alicyclic amines) is 1. The van der Waals surface area contributed by atoms with Crippen molar-refractivity contribution in [3.63, 3.8) is 0 Å². The Kier molecular flexibility index (Phi) is 6.11. The second kappa shape index (κ2) is 8.51. The molecule has 2 aromatic rings. The van der Waals surface area contributed by atoms with Gasteiger partial charge in [-0.2, -0.15) is 5.10 Å². The van der Waals surface area contributed by atoms with Crippen LogP contribution in [-0.4, -0.2) is 36.8 Å². The van der Waals surface area contributed by atoms with E-state index in [1.165, 1.54) is 31.5 Å². The van der Waals surface area contributed by atoms with Gasteiger partial charge in [0.25, 0.3) is 5.91 Å². The number of rotatable bonds is 6. The minimum absolute atomic E-state index is 0.273. The number of benzene rings is 1. The van der Waals surface area contributed by atoms with E-state index in [9.17, 15) is 4.79 Å². The number of quaternary nitrogens is 1. The Balaban J connectivity index is 1.73. The number of hydrazone groups is 1. The Morgan fingerprint density at radius 3 is 2.77 bits per heavy atom. The highest BCUT2D eigenvalue weighted by Crippen LogP contribution is 2.20. The monoisotopic (exact) mass is 419 g/mol. The summed E-state index contributed by atoms with van der Waals surface area (Å²) in [5, 5.41) is 4.24. The van der Waals surface area contributed by atoms with Gasteiger partial charge in [0.15, 0.2) is 0 Å². The van der Waals surface area contributed by atoms with Gasteiger partial charge in [0.2, 0.25) is 0 Å². The van der Waals surface area contributed by atoms with E-state index in [4.69, 9.17) is 4.74 Å². The molecule has 26 heavy (non-hydrogen) atoms. The Morgan fingerprint density at radius 1 is 1.35 bits per heavy atom. The van der Waals surface area contributed by atoms with Crippen LogP contribution in [0.2, 0.25) is 0 Å². The SMILES string of the molecule is COc1ccc(/C(C)=N\NC(=O)c2cc(Br)c[nH]2)cc1C[NH+]1CCCC1. The minimum atomic E-state index is -0.273. The predicted molar refractivity (Wildman–Crippen MR) is 105 cm³/mol. The van der Waals surface area contributed by atoms with Crippen LogP contribution in [0.3, 0.4) is 0 Å². The van der Waals surface area contributed by atoms with E-state index in [0.717, 1.165) is 28.0 Å². The lowest BCUT2D eigenvalue weighted by Gasteiger charge is -2.15. The zero-order chi connectivity index (χ0) is 18.5. The van der Waals surface area contributed by atoms with Crippen LogP contribution in [0.4, 0.5) is 0 Å². The smallest absolute Gasteiger partial charge is 0.287 e. The standard InChI is InChI=1S/C19H23BrN4O2/c1-13(22-23-19(25)17-10-16(20)11-21-17)14-5-6-18(26-2)15(9-14)12-24-7-3-4-8-24/h5-6,9-11,21H,3-4,7-8,12H2,1-2H3,(H,23,25)/p+1/b22-13-. The van der Waals surface area contributed by atoms with Crippen molar-refractivity contribution in [2.45, 2.75) is 26.3 Å². The van der Waals surface area contributed by atoms with Gasteiger partial charge in [0, 0.05) is 29.1 Å². The molecule has 0 spiro atoms. The molecular formula is C19H24BrN4O2+. The van der Waals surface area contributed by atoms with E-state index in [2.05, 4.69) is 37.5 Å². The fourth-order valence-corrected chi connectivity index (χ4v) is 3.56. The second-order valence-corrected chi connectivity index (χ2v) is 7.45. The molecule has 1 aliphatic heterocycles. The van der Waals surface area contributed by atoms with E-state index < -0.39 is 0 Å². The number of aromatic nitrogens is 1. The van der Waals surface area contributed by atoms with Crippen molar-refractivity contribution in [2.75, 3.05) is 20.2 Å². The third-order valence-electron chi connectivity index (χ3n) is 4.67. The predicted octanol–water partition coefficient (Wildman–Crippen LogP) is 2.12. The summed E-state index contributed by atoms with van der Waals surface area (Å²) in [5.41, 5.74) is 5.96. The molecule has 0 bridgehead atoms. The summed E-state index contributed by atoms with van der Waals surface area (Å²) in [6, 6.07) is 7.77. The lowest BCUT2D eigenvalue weighted by Crippen LogP contribution is -3.08. The van der Waals surface area contributed by atoms with Crippen LogP contribution in [-0.2, 0) is 6.54 Å². The number of H-pyrrole nitrogens is 1. The highest BCUT2D eigenvalue weighted by Gasteiger charge is 2.18. The van der Waals surface area contributed by atoms with Gasteiger partial charge < -0.3 is 14.6 Å². The maximum Gasteiger partial charge on any atom is 0.287 e. The summed E-state index contributed by atoms with van der Waals surface area (Å²) in [6.07, 6.45) is 4.29. The first kappa shape index (κ1) is 18.7. The average Bonchev–Trinajstić information content (AvgIpc) is 3.31. The van der Waals surface area contributed by atoms with Crippen LogP contribution in [0.5, 0.6) is 5.75 Å². The zero-order valence-electron chi connectivity index (χ0n) is 15.1. The number of hydrogen-bond acceptors (Lipinski definition) is 3. The van der Waals surface area contributed by atoms with Gasteiger partial charge in [-0.1, -0.05) is 0 Å². The molecule has 3 rings (SSSR count). The maximum absolute atomic E-state index is 12.1. The summed E-state index contributed by atoms with van der Waals surface area (Å²) in [7, 11) is 1.70. The molecule has 1 aliphatic rings. The average molecular weight is 420 g/mol. The van der Waals surface area contributed by atoms with Crippen molar-refractivity contribution >= 4 is 27.5 Å². The lowest BCUT2D eigenvalue weighted by molar-refractivity contribution is -0.901. The number of methoxy groups -OCH3 is 1. The van der Waals surface area contributed by atoms with Crippen molar-refractivity contribution in [2.24, 2.45) is 5.10 Å². The number of amides is 1. The summed E-state index contributed by atoms with van der Waals surface area (Å²) < 4.78 is 6.34. The molecule has 6 nitrogen and oxygen atoms in total. The fraction of sp³-hybridized carbons (Fsp3) is 0.368. The number of ether oxygens (including phenoxy) is 1. The topological polar surface area (TPSA) is 70.9 Å². The summed E-state index contributed by atoms with van der Waals surface area (Å²) >= 11 is 3.31. The minimum Gasteiger partial charge on any atom is -0.496 e. The van der Waals surface area contributed by atoms with Crippen LogP contribution in [0, 0.1) is 0 Å². The van der Waals surface area contributed by atoms with Gasteiger partial charge in [-0.3, -0.25) is 4.79 Å². The third-order valence-corrected chi connectivity index (χ3v) is 5.12. The molecule has 3 N–H and O–H groups in total. The molecule has 0 atom stereocenters. The molecule has 0 aliphatic carbocycles. The van der Waals surface area contributed by atoms with Crippen LogP contribution >= 0.6 is 15.9 Å². The molecular weight excluding hydrogens is 396 g/mol. The van der Waals surface area contributed by atoms with E-state index in [1.54, 1.807) is 24.3 Å². The van der Waals surface area contributed by atoms with Crippen molar-refractivity contribution in [3.05, 3.63) is 51.8 Å². The van der Waals surface area contributed by atoms with Gasteiger partial charge in [-0.15, -0.1) is 0 Å². The zero-order valence-corrected chi connectivity index (χ0v) is 16.6.